The number of ether oxygens (including phenoxy) is 2. The highest BCUT2D eigenvalue weighted by Gasteiger charge is 2.37. The molecular formula is C22H41NO3Si. The lowest BCUT2D eigenvalue weighted by atomic mass is 10.1. The van der Waals surface area contributed by atoms with E-state index in [0.29, 0.717) is 26.4 Å². The summed E-state index contributed by atoms with van der Waals surface area (Å²) in [4.78, 5) is 0. The largest absolute Gasteiger partial charge is 0.413 e. The van der Waals surface area contributed by atoms with Crippen LogP contribution >= 0.6 is 0 Å². The summed E-state index contributed by atoms with van der Waals surface area (Å²) in [5, 5.41) is 3.71. The van der Waals surface area contributed by atoms with Crippen molar-refractivity contribution in [3.63, 3.8) is 0 Å². The second-order valence-corrected chi connectivity index (χ2v) is 13.4. The average Bonchev–Trinajstić information content (AvgIpc) is 2.61. The maximum absolute atomic E-state index is 6.40. The molecule has 1 aromatic carbocycles. The van der Waals surface area contributed by atoms with Gasteiger partial charge in [0.1, 0.15) is 0 Å². The van der Waals surface area contributed by atoms with Gasteiger partial charge in [0, 0.05) is 18.8 Å². The monoisotopic (exact) mass is 395 g/mol. The van der Waals surface area contributed by atoms with Crippen molar-refractivity contribution in [1.29, 1.82) is 0 Å². The number of hydrogen-bond acceptors (Lipinski definition) is 4. The summed E-state index contributed by atoms with van der Waals surface area (Å²) in [5.74, 6) is 0. The van der Waals surface area contributed by atoms with Crippen LogP contribution in [0.1, 0.15) is 52.2 Å². The molecule has 0 saturated carbocycles. The molecule has 1 aromatic rings. The van der Waals surface area contributed by atoms with Gasteiger partial charge in [0.15, 0.2) is 8.32 Å². The molecule has 0 bridgehead atoms. The molecule has 0 radical (unpaired) electrons. The summed E-state index contributed by atoms with van der Waals surface area (Å²) in [6.45, 7) is 20.1. The molecule has 27 heavy (non-hydrogen) atoms. The van der Waals surface area contributed by atoms with Crippen LogP contribution < -0.4 is 5.32 Å². The zero-order valence-corrected chi connectivity index (χ0v) is 19.6. The van der Waals surface area contributed by atoms with Gasteiger partial charge in [-0.2, -0.15) is 0 Å². The number of anilines is 1. The normalized spacial score (nSPS) is 12.4. The van der Waals surface area contributed by atoms with Gasteiger partial charge >= 0.3 is 0 Å². The average molecular weight is 396 g/mol. The molecule has 0 heterocycles. The Hall–Kier alpha value is -0.883. The van der Waals surface area contributed by atoms with Crippen LogP contribution in [0.25, 0.3) is 0 Å². The van der Waals surface area contributed by atoms with Crippen LogP contribution in [0.4, 0.5) is 5.69 Å². The molecule has 0 spiro atoms. The van der Waals surface area contributed by atoms with Gasteiger partial charge in [-0.05, 0) is 54.2 Å². The van der Waals surface area contributed by atoms with Gasteiger partial charge in [-0.1, -0.05) is 40.7 Å². The fourth-order valence-electron chi connectivity index (χ4n) is 2.37. The quantitative estimate of drug-likeness (QED) is 0.347. The Morgan fingerprint density at radius 2 is 1.52 bits per heavy atom. The Balaban J connectivity index is 2.51. The standard InChI is InChI=1S/C22H41NO3Si/c1-8-11-24-13-14-25-12-10-23-21-16-19(9-2)15-20(17-21)18-26-27(6,7)22(3,4)5/h15-17,23H,8-14,18H2,1-7H3. The van der Waals surface area contributed by atoms with Gasteiger partial charge < -0.3 is 19.2 Å². The topological polar surface area (TPSA) is 39.7 Å². The first-order chi connectivity index (χ1) is 12.7. The fourth-order valence-corrected chi connectivity index (χ4v) is 3.33. The highest BCUT2D eigenvalue weighted by atomic mass is 28.4. The predicted molar refractivity (Wildman–Crippen MR) is 118 cm³/mol. The Labute approximate surface area is 168 Å². The van der Waals surface area contributed by atoms with Gasteiger partial charge in [0.05, 0.1) is 26.4 Å². The minimum atomic E-state index is -1.74. The molecule has 1 rings (SSSR count). The molecule has 0 fully saturated rings. The van der Waals surface area contributed by atoms with Crippen molar-refractivity contribution in [3.8, 4) is 0 Å². The number of aryl methyl sites for hydroxylation is 1. The zero-order valence-electron chi connectivity index (χ0n) is 18.6. The summed E-state index contributed by atoms with van der Waals surface area (Å²) in [6.07, 6.45) is 2.07. The van der Waals surface area contributed by atoms with Gasteiger partial charge in [-0.25, -0.2) is 0 Å². The third kappa shape index (κ3) is 9.24. The predicted octanol–water partition coefficient (Wildman–Crippen LogP) is 5.63. The van der Waals surface area contributed by atoms with Crippen LogP contribution in [0, 0.1) is 0 Å². The summed E-state index contributed by atoms with van der Waals surface area (Å²) >= 11 is 0. The van der Waals surface area contributed by atoms with Crippen molar-refractivity contribution < 1.29 is 13.9 Å². The second-order valence-electron chi connectivity index (χ2n) is 8.59. The van der Waals surface area contributed by atoms with Gasteiger partial charge in [0.2, 0.25) is 0 Å². The summed E-state index contributed by atoms with van der Waals surface area (Å²) < 4.78 is 17.4. The molecule has 0 aliphatic rings. The first kappa shape index (κ1) is 24.2. The number of benzene rings is 1. The third-order valence-electron chi connectivity index (χ3n) is 5.16. The molecular weight excluding hydrogens is 354 g/mol. The van der Waals surface area contributed by atoms with Crippen LogP contribution in [0.2, 0.25) is 18.1 Å². The molecule has 0 unspecified atom stereocenters. The van der Waals surface area contributed by atoms with Crippen LogP contribution in [0.3, 0.4) is 0 Å². The van der Waals surface area contributed by atoms with E-state index in [0.717, 1.165) is 31.7 Å². The molecule has 5 heteroatoms. The van der Waals surface area contributed by atoms with Crippen LogP contribution in [-0.4, -0.2) is 41.3 Å². The van der Waals surface area contributed by atoms with Crippen molar-refractivity contribution >= 4 is 14.0 Å². The van der Waals surface area contributed by atoms with Gasteiger partial charge in [0.25, 0.3) is 0 Å². The van der Waals surface area contributed by atoms with E-state index in [1.54, 1.807) is 0 Å². The molecule has 1 N–H and O–H groups in total. The number of rotatable bonds is 13. The van der Waals surface area contributed by atoms with E-state index in [1.807, 2.05) is 0 Å². The molecule has 0 aliphatic heterocycles. The smallest absolute Gasteiger partial charge is 0.192 e. The lowest BCUT2D eigenvalue weighted by Crippen LogP contribution is -2.40. The van der Waals surface area contributed by atoms with E-state index in [2.05, 4.69) is 71.2 Å². The van der Waals surface area contributed by atoms with Crippen molar-refractivity contribution in [2.45, 2.75) is 72.2 Å². The van der Waals surface area contributed by atoms with E-state index in [9.17, 15) is 0 Å². The molecule has 0 atom stereocenters. The lowest BCUT2D eigenvalue weighted by Gasteiger charge is -2.36. The lowest BCUT2D eigenvalue weighted by molar-refractivity contribution is 0.0519. The maximum atomic E-state index is 6.40. The maximum Gasteiger partial charge on any atom is 0.192 e. The summed E-state index contributed by atoms with van der Waals surface area (Å²) in [5.41, 5.74) is 3.73. The first-order valence-electron chi connectivity index (χ1n) is 10.4. The summed E-state index contributed by atoms with van der Waals surface area (Å²) in [6, 6.07) is 6.69. The molecule has 0 aromatic heterocycles. The van der Waals surface area contributed by atoms with Crippen molar-refractivity contribution in [3.05, 3.63) is 29.3 Å². The Bertz CT molecular complexity index is 541. The molecule has 0 saturated heterocycles. The van der Waals surface area contributed by atoms with E-state index in [4.69, 9.17) is 13.9 Å². The number of nitrogens with one attached hydrogen (secondary N) is 1. The SMILES string of the molecule is CCCOCCOCCNc1cc(CC)cc(CO[Si](C)(C)C(C)(C)C)c1. The first-order valence-corrected chi connectivity index (χ1v) is 13.3. The zero-order chi connectivity index (χ0) is 20.3. The van der Waals surface area contributed by atoms with Gasteiger partial charge in [-0.3, -0.25) is 0 Å². The third-order valence-corrected chi connectivity index (χ3v) is 9.64. The fraction of sp³-hybridized carbons (Fsp3) is 0.727. The molecule has 0 amide bonds. The van der Waals surface area contributed by atoms with E-state index < -0.39 is 8.32 Å². The van der Waals surface area contributed by atoms with Crippen LogP contribution in [0.15, 0.2) is 18.2 Å². The molecule has 0 aliphatic carbocycles. The van der Waals surface area contributed by atoms with Crippen LogP contribution in [0.5, 0.6) is 0 Å². The Kier molecular flexibility index (Phi) is 10.6. The minimum absolute atomic E-state index is 0.231. The highest BCUT2D eigenvalue weighted by Crippen LogP contribution is 2.37. The number of hydrogen-bond donors (Lipinski definition) is 1. The van der Waals surface area contributed by atoms with Gasteiger partial charge in [-0.15, -0.1) is 0 Å². The van der Waals surface area contributed by atoms with E-state index >= 15 is 0 Å². The molecule has 156 valence electrons. The van der Waals surface area contributed by atoms with Crippen molar-refractivity contribution in [1.82, 2.24) is 0 Å². The minimum Gasteiger partial charge on any atom is -0.413 e. The molecule has 4 nitrogen and oxygen atoms in total. The van der Waals surface area contributed by atoms with E-state index in [-0.39, 0.29) is 5.04 Å². The highest BCUT2D eigenvalue weighted by molar-refractivity contribution is 6.74. The second kappa shape index (κ2) is 11.8. The van der Waals surface area contributed by atoms with Crippen LogP contribution in [-0.2, 0) is 26.9 Å². The van der Waals surface area contributed by atoms with E-state index in [1.165, 1.54) is 11.1 Å². The van der Waals surface area contributed by atoms with Crippen molar-refractivity contribution in [2.24, 2.45) is 0 Å². The summed E-state index contributed by atoms with van der Waals surface area (Å²) in [7, 11) is -1.74. The Morgan fingerprint density at radius 3 is 2.11 bits per heavy atom. The van der Waals surface area contributed by atoms with Crippen molar-refractivity contribution in [2.75, 3.05) is 38.3 Å². The Morgan fingerprint density at radius 1 is 0.889 bits per heavy atom.